The minimum atomic E-state index is -0.114. The van der Waals surface area contributed by atoms with Gasteiger partial charge in [-0.25, -0.2) is 0 Å². The second kappa shape index (κ2) is 4.81. The third kappa shape index (κ3) is 1.95. The molecule has 100 valence electrons. The Balaban J connectivity index is 2.01. The van der Waals surface area contributed by atoms with Gasteiger partial charge in [-0.1, -0.05) is 18.2 Å². The minimum Gasteiger partial charge on any atom is -0.508 e. The van der Waals surface area contributed by atoms with Crippen molar-refractivity contribution in [2.75, 3.05) is 11.4 Å². The number of carbonyl (C=O) groups excluding carboxylic acids is 1. The summed E-state index contributed by atoms with van der Waals surface area (Å²) < 4.78 is 0. The number of phenolic OH excluding ortho intramolecular Hbond substituents is 1. The maximum atomic E-state index is 12.7. The van der Waals surface area contributed by atoms with Gasteiger partial charge in [0.15, 0.2) is 0 Å². The zero-order valence-corrected chi connectivity index (χ0v) is 10.9. The Labute approximate surface area is 117 Å². The van der Waals surface area contributed by atoms with Crippen LogP contribution >= 0.6 is 0 Å². The first-order valence-electron chi connectivity index (χ1n) is 6.40. The van der Waals surface area contributed by atoms with Crippen molar-refractivity contribution < 1.29 is 9.90 Å². The summed E-state index contributed by atoms with van der Waals surface area (Å²) in [6, 6.07) is 12.4. The van der Waals surface area contributed by atoms with Crippen LogP contribution in [0.15, 0.2) is 47.5 Å². The number of anilines is 1. The van der Waals surface area contributed by atoms with E-state index in [9.17, 15) is 9.90 Å². The predicted octanol–water partition coefficient (Wildman–Crippen LogP) is 2.93. The molecule has 0 aliphatic carbocycles. The molecule has 2 aromatic carbocycles. The number of rotatable bonds is 2. The normalized spacial score (nSPS) is 13.1. The fourth-order valence-corrected chi connectivity index (χ4v) is 2.53. The van der Waals surface area contributed by atoms with Gasteiger partial charge < -0.3 is 10.0 Å². The van der Waals surface area contributed by atoms with Crippen LogP contribution in [0, 0.1) is 0 Å². The first kappa shape index (κ1) is 12.4. The van der Waals surface area contributed by atoms with Gasteiger partial charge in [-0.15, -0.1) is 0 Å². The van der Waals surface area contributed by atoms with Crippen molar-refractivity contribution in [2.24, 2.45) is 4.99 Å². The molecule has 0 saturated heterocycles. The molecule has 0 unspecified atom stereocenters. The molecule has 1 heterocycles. The van der Waals surface area contributed by atoms with E-state index in [1.54, 1.807) is 11.0 Å². The highest BCUT2D eigenvalue weighted by Crippen LogP contribution is 2.32. The number of phenols is 1. The number of nitrogens with zero attached hydrogens (tertiary/aromatic N) is 2. The van der Waals surface area contributed by atoms with Crippen molar-refractivity contribution in [3.8, 4) is 5.75 Å². The van der Waals surface area contributed by atoms with E-state index in [0.29, 0.717) is 17.8 Å². The SMILES string of the molecule is C=Nc1cc(O)ccc1C(=O)N1CCc2ccccc21. The lowest BCUT2D eigenvalue weighted by Gasteiger charge is -2.18. The fourth-order valence-electron chi connectivity index (χ4n) is 2.53. The van der Waals surface area contributed by atoms with Gasteiger partial charge in [0.1, 0.15) is 5.75 Å². The maximum absolute atomic E-state index is 12.7. The lowest BCUT2D eigenvalue weighted by molar-refractivity contribution is 0.0990. The van der Waals surface area contributed by atoms with E-state index >= 15 is 0 Å². The summed E-state index contributed by atoms with van der Waals surface area (Å²) in [7, 11) is 0. The number of hydrogen-bond donors (Lipinski definition) is 1. The van der Waals surface area contributed by atoms with Crippen molar-refractivity contribution in [1.82, 2.24) is 0 Å². The maximum Gasteiger partial charge on any atom is 0.260 e. The fraction of sp³-hybridized carbons (Fsp3) is 0.125. The smallest absolute Gasteiger partial charge is 0.260 e. The van der Waals surface area contributed by atoms with Gasteiger partial charge in [0.05, 0.1) is 11.3 Å². The summed E-state index contributed by atoms with van der Waals surface area (Å²) in [5.41, 5.74) is 2.97. The van der Waals surface area contributed by atoms with E-state index < -0.39 is 0 Å². The van der Waals surface area contributed by atoms with Gasteiger partial charge in [-0.3, -0.25) is 9.79 Å². The van der Waals surface area contributed by atoms with E-state index in [1.165, 1.54) is 17.7 Å². The van der Waals surface area contributed by atoms with Crippen LogP contribution in [0.25, 0.3) is 0 Å². The van der Waals surface area contributed by atoms with Gasteiger partial charge in [-0.05, 0) is 36.9 Å². The van der Waals surface area contributed by atoms with Crippen LogP contribution in [0.4, 0.5) is 11.4 Å². The average molecular weight is 266 g/mol. The first-order chi connectivity index (χ1) is 9.70. The van der Waals surface area contributed by atoms with Crippen LogP contribution in [-0.2, 0) is 6.42 Å². The molecular formula is C16H14N2O2. The molecule has 1 aliphatic heterocycles. The van der Waals surface area contributed by atoms with E-state index in [-0.39, 0.29) is 11.7 Å². The summed E-state index contributed by atoms with van der Waals surface area (Å²) in [5.74, 6) is -0.0388. The number of fused-ring (bicyclic) bond motifs is 1. The highest BCUT2D eigenvalue weighted by atomic mass is 16.3. The number of benzene rings is 2. The average Bonchev–Trinajstić information content (AvgIpc) is 2.90. The number of para-hydroxylation sites is 1. The van der Waals surface area contributed by atoms with Crippen LogP contribution in [-0.4, -0.2) is 24.3 Å². The molecule has 0 aromatic heterocycles. The second-order valence-corrected chi connectivity index (χ2v) is 4.70. The molecule has 3 rings (SSSR count). The van der Waals surface area contributed by atoms with Crippen LogP contribution in [0.2, 0.25) is 0 Å². The lowest BCUT2D eigenvalue weighted by Crippen LogP contribution is -2.28. The molecular weight excluding hydrogens is 252 g/mol. The summed E-state index contributed by atoms with van der Waals surface area (Å²) in [5, 5.41) is 9.46. The van der Waals surface area contributed by atoms with Crippen LogP contribution < -0.4 is 4.90 Å². The van der Waals surface area contributed by atoms with Crippen LogP contribution in [0.1, 0.15) is 15.9 Å². The van der Waals surface area contributed by atoms with Gasteiger partial charge in [0.2, 0.25) is 0 Å². The van der Waals surface area contributed by atoms with Crippen molar-refractivity contribution in [1.29, 1.82) is 0 Å². The van der Waals surface area contributed by atoms with E-state index in [0.717, 1.165) is 12.1 Å². The topological polar surface area (TPSA) is 52.9 Å². The largest absolute Gasteiger partial charge is 0.508 e. The molecule has 1 aliphatic rings. The van der Waals surface area contributed by atoms with E-state index in [4.69, 9.17) is 0 Å². The Bertz CT molecular complexity index is 695. The highest BCUT2D eigenvalue weighted by molar-refractivity contribution is 6.10. The number of amides is 1. The molecule has 2 aromatic rings. The van der Waals surface area contributed by atoms with Crippen molar-refractivity contribution in [3.05, 3.63) is 53.6 Å². The Hall–Kier alpha value is -2.62. The molecule has 4 nitrogen and oxygen atoms in total. The van der Waals surface area contributed by atoms with Gasteiger partial charge >= 0.3 is 0 Å². The van der Waals surface area contributed by atoms with Crippen molar-refractivity contribution in [3.63, 3.8) is 0 Å². The second-order valence-electron chi connectivity index (χ2n) is 4.70. The summed E-state index contributed by atoms with van der Waals surface area (Å²) in [6.45, 7) is 4.12. The first-order valence-corrected chi connectivity index (χ1v) is 6.40. The molecule has 0 saturated carbocycles. The lowest BCUT2D eigenvalue weighted by atomic mass is 10.1. The molecule has 0 radical (unpaired) electrons. The Kier molecular flexibility index (Phi) is 2.99. The Morgan fingerprint density at radius 1 is 1.25 bits per heavy atom. The Morgan fingerprint density at radius 3 is 2.85 bits per heavy atom. The van der Waals surface area contributed by atoms with Crippen LogP contribution in [0.3, 0.4) is 0 Å². The van der Waals surface area contributed by atoms with Crippen LogP contribution in [0.5, 0.6) is 5.75 Å². The molecule has 1 N–H and O–H groups in total. The monoisotopic (exact) mass is 266 g/mol. The molecule has 1 amide bonds. The summed E-state index contributed by atoms with van der Waals surface area (Å²) >= 11 is 0. The number of carbonyl (C=O) groups is 1. The minimum absolute atomic E-state index is 0.0748. The molecule has 0 bridgehead atoms. The molecule has 4 heteroatoms. The number of aromatic hydroxyl groups is 1. The highest BCUT2D eigenvalue weighted by Gasteiger charge is 2.26. The standard InChI is InChI=1S/C16H14N2O2/c1-17-14-10-12(19)6-7-13(14)16(20)18-9-8-11-4-2-3-5-15(11)18/h2-7,10,19H,1,8-9H2. The molecule has 0 atom stereocenters. The summed E-state index contributed by atoms with van der Waals surface area (Å²) in [6.07, 6.45) is 0.858. The van der Waals surface area contributed by atoms with Gasteiger partial charge in [-0.2, -0.15) is 0 Å². The van der Waals surface area contributed by atoms with Crippen molar-refractivity contribution in [2.45, 2.75) is 6.42 Å². The zero-order chi connectivity index (χ0) is 14.1. The quantitative estimate of drug-likeness (QED) is 0.850. The molecule has 0 spiro atoms. The van der Waals surface area contributed by atoms with Gasteiger partial charge in [0, 0.05) is 18.3 Å². The third-order valence-corrected chi connectivity index (χ3v) is 3.51. The predicted molar refractivity (Wildman–Crippen MR) is 79.1 cm³/mol. The van der Waals surface area contributed by atoms with E-state index in [2.05, 4.69) is 11.7 Å². The Morgan fingerprint density at radius 2 is 2.05 bits per heavy atom. The molecule has 0 fully saturated rings. The number of hydrogen-bond acceptors (Lipinski definition) is 3. The third-order valence-electron chi connectivity index (χ3n) is 3.51. The summed E-state index contributed by atoms with van der Waals surface area (Å²) in [4.78, 5) is 18.2. The number of aliphatic imine (C=N–C) groups is 1. The van der Waals surface area contributed by atoms with Crippen molar-refractivity contribution >= 4 is 24.0 Å². The zero-order valence-electron chi connectivity index (χ0n) is 10.9. The van der Waals surface area contributed by atoms with Gasteiger partial charge in [0.25, 0.3) is 5.91 Å². The molecule has 20 heavy (non-hydrogen) atoms. The van der Waals surface area contributed by atoms with E-state index in [1.807, 2.05) is 24.3 Å².